The second-order valence-corrected chi connectivity index (χ2v) is 9.06. The number of fused-ring (bicyclic) bond motifs is 3. The fourth-order valence-electron chi connectivity index (χ4n) is 4.88. The highest BCUT2D eigenvalue weighted by molar-refractivity contribution is 6.54. The zero-order chi connectivity index (χ0) is 27.3. The molecule has 39 heavy (non-hydrogen) atoms. The second-order valence-electron chi connectivity index (χ2n) is 9.06. The van der Waals surface area contributed by atoms with Crippen molar-refractivity contribution in [2.75, 3.05) is 0 Å². The maximum atomic E-state index is 14.7. The third-order valence-electron chi connectivity index (χ3n) is 6.80. The zero-order valence-corrected chi connectivity index (χ0v) is 20.2. The Morgan fingerprint density at radius 1 is 0.692 bits per heavy atom. The van der Waals surface area contributed by atoms with Crippen LogP contribution in [0.3, 0.4) is 0 Å². The Morgan fingerprint density at radius 2 is 1.38 bits per heavy atom. The molecule has 5 aromatic rings. The van der Waals surface area contributed by atoms with Crippen LogP contribution in [0.4, 0.5) is 13.2 Å². The highest BCUT2D eigenvalue weighted by Gasteiger charge is 2.23. The van der Waals surface area contributed by atoms with Gasteiger partial charge >= 0.3 is 0 Å². The molecule has 6 rings (SSSR count). The average Bonchev–Trinajstić information content (AvgIpc) is 2.95. The first-order valence-electron chi connectivity index (χ1n) is 11.9. The fourth-order valence-corrected chi connectivity index (χ4v) is 4.88. The summed E-state index contributed by atoms with van der Waals surface area (Å²) in [6.07, 6.45) is 3.43. The maximum Gasteiger partial charge on any atom is 0.154 e. The van der Waals surface area contributed by atoms with Crippen LogP contribution < -0.4 is 0 Å². The van der Waals surface area contributed by atoms with Crippen LogP contribution in [0.25, 0.3) is 50.5 Å². The van der Waals surface area contributed by atoms with Crippen molar-refractivity contribution in [1.82, 2.24) is 4.98 Å². The normalized spacial score (nSPS) is 12.5. The minimum absolute atomic E-state index is 0.119. The Morgan fingerprint density at radius 3 is 2.10 bits per heavy atom. The Labute approximate surface area is 221 Å². The molecule has 0 atom stereocenters. The van der Waals surface area contributed by atoms with Gasteiger partial charge in [0.25, 0.3) is 0 Å². The number of hydrogen-bond donors (Lipinski definition) is 2. The number of rotatable bonds is 3. The number of nitrogens with one attached hydrogen (secondary N) is 2. The van der Waals surface area contributed by atoms with Crippen LogP contribution in [0.15, 0.2) is 84.9 Å². The topological polar surface area (TPSA) is 84.4 Å². The number of pyridine rings is 1. The third kappa shape index (κ3) is 3.90. The first-order valence-corrected chi connectivity index (χ1v) is 11.9. The summed E-state index contributed by atoms with van der Waals surface area (Å²) in [7, 11) is 0. The lowest BCUT2D eigenvalue weighted by Crippen LogP contribution is -2.17. The van der Waals surface area contributed by atoms with Gasteiger partial charge in [0.15, 0.2) is 5.82 Å². The number of halogens is 3. The maximum absolute atomic E-state index is 14.7. The van der Waals surface area contributed by atoms with Gasteiger partial charge in [0, 0.05) is 28.1 Å². The van der Waals surface area contributed by atoms with Gasteiger partial charge in [0.2, 0.25) is 0 Å². The molecule has 0 unspecified atom stereocenters. The quantitative estimate of drug-likeness (QED) is 0.256. The number of nitriles is 1. The molecule has 1 aliphatic rings. The first kappa shape index (κ1) is 24.0. The lowest BCUT2D eigenvalue weighted by Gasteiger charge is -2.19. The summed E-state index contributed by atoms with van der Waals surface area (Å²) in [6.45, 7) is 0. The Hall–Kier alpha value is -5.35. The average molecular weight is 515 g/mol. The van der Waals surface area contributed by atoms with Crippen molar-refractivity contribution in [2.45, 2.75) is 0 Å². The standard InChI is InChI=1S/C32H17F3N4/c33-24-15-25(34)28(30(35)23(24)16-36)18-8-6-17(7-9-18)20-10-11-21-27(14-20)39-32(19-4-2-1-3-5-19)22-12-13-26(37)31(38)29(21)22/h1-15,37-38H. The van der Waals surface area contributed by atoms with E-state index in [4.69, 9.17) is 21.1 Å². The van der Waals surface area contributed by atoms with E-state index in [-0.39, 0.29) is 17.0 Å². The Kier molecular flexibility index (Phi) is 5.66. The minimum atomic E-state index is -1.24. The van der Waals surface area contributed by atoms with Crippen LogP contribution >= 0.6 is 0 Å². The first-order chi connectivity index (χ1) is 18.9. The molecule has 1 heterocycles. The molecule has 0 saturated carbocycles. The molecule has 1 aliphatic carbocycles. The van der Waals surface area contributed by atoms with Gasteiger partial charge in [-0.2, -0.15) is 5.26 Å². The molecule has 4 nitrogen and oxygen atoms in total. The van der Waals surface area contributed by atoms with Crippen LogP contribution in [-0.2, 0) is 0 Å². The van der Waals surface area contributed by atoms with Gasteiger partial charge in [-0.15, -0.1) is 0 Å². The monoisotopic (exact) mass is 514 g/mol. The summed E-state index contributed by atoms with van der Waals surface area (Å²) in [4.78, 5) is 4.94. The predicted octanol–water partition coefficient (Wildman–Crippen LogP) is 7.94. The van der Waals surface area contributed by atoms with Crippen molar-refractivity contribution in [3.8, 4) is 39.6 Å². The van der Waals surface area contributed by atoms with Crippen LogP contribution in [0, 0.1) is 39.6 Å². The fraction of sp³-hybridized carbons (Fsp3) is 0. The van der Waals surface area contributed by atoms with Crippen LogP contribution in [0.2, 0.25) is 0 Å². The lowest BCUT2D eigenvalue weighted by atomic mass is 9.87. The summed E-state index contributed by atoms with van der Waals surface area (Å²) in [5.74, 6) is -3.57. The molecule has 2 N–H and O–H groups in total. The number of allylic oxidation sites excluding steroid dienone is 1. The van der Waals surface area contributed by atoms with Gasteiger partial charge in [-0.3, -0.25) is 10.8 Å². The smallest absolute Gasteiger partial charge is 0.154 e. The molecule has 0 saturated heterocycles. The van der Waals surface area contributed by atoms with Gasteiger partial charge < -0.3 is 0 Å². The molecule has 0 radical (unpaired) electrons. The predicted molar refractivity (Wildman–Crippen MR) is 146 cm³/mol. The van der Waals surface area contributed by atoms with Gasteiger partial charge in [-0.05, 0) is 34.9 Å². The van der Waals surface area contributed by atoms with E-state index in [2.05, 4.69) is 0 Å². The van der Waals surface area contributed by atoms with E-state index in [0.717, 1.165) is 27.6 Å². The van der Waals surface area contributed by atoms with E-state index in [1.165, 1.54) is 18.2 Å². The summed E-state index contributed by atoms with van der Waals surface area (Å²) < 4.78 is 42.9. The molecule has 0 bridgehead atoms. The highest BCUT2D eigenvalue weighted by Crippen LogP contribution is 2.36. The van der Waals surface area contributed by atoms with Crippen molar-refractivity contribution >= 4 is 28.4 Å². The van der Waals surface area contributed by atoms with E-state index < -0.39 is 28.6 Å². The zero-order valence-electron chi connectivity index (χ0n) is 20.2. The summed E-state index contributed by atoms with van der Waals surface area (Å²) in [5.41, 5.74) is 4.29. The van der Waals surface area contributed by atoms with Crippen LogP contribution in [0.5, 0.6) is 0 Å². The molecule has 186 valence electrons. The minimum Gasteiger partial charge on any atom is -0.299 e. The SMILES string of the molecule is N#Cc1c(F)cc(F)c(-c2ccc(-c3ccc4c5c(c(-c6ccccc6)nc4c3)C=CC(=N)C5=N)cc2)c1F. The van der Waals surface area contributed by atoms with E-state index in [1.54, 1.807) is 18.2 Å². The lowest BCUT2D eigenvalue weighted by molar-refractivity contribution is 0.543. The van der Waals surface area contributed by atoms with Crippen molar-refractivity contribution in [3.63, 3.8) is 0 Å². The molecular formula is C32H17F3N4. The number of aromatic nitrogens is 1. The molecule has 4 aromatic carbocycles. The van der Waals surface area contributed by atoms with Gasteiger partial charge in [-0.25, -0.2) is 18.2 Å². The van der Waals surface area contributed by atoms with Crippen molar-refractivity contribution in [3.05, 3.63) is 119 Å². The molecular weight excluding hydrogens is 497 g/mol. The van der Waals surface area contributed by atoms with Gasteiger partial charge in [0.1, 0.15) is 23.3 Å². The van der Waals surface area contributed by atoms with Crippen molar-refractivity contribution in [1.29, 1.82) is 16.1 Å². The van der Waals surface area contributed by atoms with E-state index in [9.17, 15) is 13.2 Å². The molecule has 0 aliphatic heterocycles. The van der Waals surface area contributed by atoms with E-state index in [1.807, 2.05) is 54.6 Å². The second kappa shape index (κ2) is 9.19. The number of nitrogens with zero attached hydrogens (tertiary/aromatic N) is 2. The van der Waals surface area contributed by atoms with Crippen LogP contribution in [-0.4, -0.2) is 16.4 Å². The molecule has 7 heteroatoms. The molecule has 0 fully saturated rings. The summed E-state index contributed by atoms with van der Waals surface area (Å²) in [6, 6.07) is 23.6. The van der Waals surface area contributed by atoms with Crippen molar-refractivity contribution < 1.29 is 13.2 Å². The van der Waals surface area contributed by atoms with Gasteiger partial charge in [0.05, 0.1) is 28.2 Å². The van der Waals surface area contributed by atoms with Gasteiger partial charge in [-0.1, -0.05) is 66.7 Å². The number of hydrogen-bond acceptors (Lipinski definition) is 4. The Balaban J connectivity index is 1.48. The summed E-state index contributed by atoms with van der Waals surface area (Å²) >= 11 is 0. The highest BCUT2D eigenvalue weighted by atomic mass is 19.1. The Bertz CT molecular complexity index is 1920. The molecule has 1 aromatic heterocycles. The van der Waals surface area contributed by atoms with E-state index in [0.29, 0.717) is 22.8 Å². The van der Waals surface area contributed by atoms with E-state index >= 15 is 0 Å². The summed E-state index contributed by atoms with van der Waals surface area (Å²) in [5, 5.41) is 26.6. The van der Waals surface area contributed by atoms with Crippen molar-refractivity contribution in [2.24, 2.45) is 0 Å². The third-order valence-corrected chi connectivity index (χ3v) is 6.80. The molecule has 0 amide bonds. The largest absolute Gasteiger partial charge is 0.299 e. The molecule has 0 spiro atoms. The van der Waals surface area contributed by atoms with Crippen LogP contribution in [0.1, 0.15) is 16.7 Å². The number of benzene rings is 4.